The Kier molecular flexibility index (Phi) is 2.33. The summed E-state index contributed by atoms with van der Waals surface area (Å²) in [6, 6.07) is 2.17. The quantitative estimate of drug-likeness (QED) is 0.876. The van der Waals surface area contributed by atoms with Crippen molar-refractivity contribution in [3.63, 3.8) is 0 Å². The molecule has 1 heterocycles. The highest BCUT2D eigenvalue weighted by molar-refractivity contribution is 9.10. The van der Waals surface area contributed by atoms with Gasteiger partial charge in [0.15, 0.2) is 0 Å². The molecule has 3 heteroatoms. The van der Waals surface area contributed by atoms with Crippen molar-refractivity contribution in [3.8, 4) is 0 Å². The van der Waals surface area contributed by atoms with E-state index < -0.39 is 0 Å². The van der Waals surface area contributed by atoms with Gasteiger partial charge in [0.1, 0.15) is 0 Å². The summed E-state index contributed by atoms with van der Waals surface area (Å²) in [6.45, 7) is 6.84. The van der Waals surface area contributed by atoms with Gasteiger partial charge in [0.05, 0.1) is 6.61 Å². The Morgan fingerprint density at radius 3 is 2.43 bits per heavy atom. The second kappa shape index (κ2) is 3.06. The van der Waals surface area contributed by atoms with Gasteiger partial charge >= 0.3 is 0 Å². The molecule has 78 valence electrons. The molecule has 0 aliphatic heterocycles. The molecule has 0 spiro atoms. The molecule has 0 saturated heterocycles. The molecule has 1 atom stereocenters. The molecule has 1 fully saturated rings. The SMILES string of the molecule is Cc1sc(C2(CO)CC2(C)C)cc1Br. The molecule has 0 aromatic carbocycles. The highest BCUT2D eigenvalue weighted by Gasteiger charge is 2.62. The molecular formula is C11H15BrOS. The molecule has 0 amide bonds. The minimum absolute atomic E-state index is 0.0362. The van der Waals surface area contributed by atoms with E-state index in [1.807, 2.05) is 0 Å². The smallest absolute Gasteiger partial charge is 0.0541 e. The third kappa shape index (κ3) is 1.29. The number of hydrogen-bond acceptors (Lipinski definition) is 2. The van der Waals surface area contributed by atoms with E-state index in [2.05, 4.69) is 42.8 Å². The van der Waals surface area contributed by atoms with Gasteiger partial charge in [-0.3, -0.25) is 0 Å². The highest BCUT2D eigenvalue weighted by atomic mass is 79.9. The fourth-order valence-corrected chi connectivity index (χ4v) is 4.07. The second-order valence-electron chi connectivity index (χ2n) is 4.82. The number of halogens is 1. The first-order valence-corrected chi connectivity index (χ1v) is 6.41. The van der Waals surface area contributed by atoms with Crippen LogP contribution < -0.4 is 0 Å². The highest BCUT2D eigenvalue weighted by Crippen LogP contribution is 2.65. The minimum Gasteiger partial charge on any atom is -0.395 e. The fourth-order valence-electron chi connectivity index (χ4n) is 2.17. The summed E-state index contributed by atoms with van der Waals surface area (Å²) >= 11 is 5.34. The lowest BCUT2D eigenvalue weighted by molar-refractivity contribution is 0.233. The van der Waals surface area contributed by atoms with E-state index >= 15 is 0 Å². The van der Waals surface area contributed by atoms with Crippen LogP contribution in [-0.4, -0.2) is 11.7 Å². The summed E-state index contributed by atoms with van der Waals surface area (Å²) in [5.74, 6) is 0. The maximum absolute atomic E-state index is 9.54. The molecule has 1 saturated carbocycles. The maximum atomic E-state index is 9.54. The number of aliphatic hydroxyl groups excluding tert-OH is 1. The van der Waals surface area contributed by atoms with Crippen LogP contribution in [0.25, 0.3) is 0 Å². The lowest BCUT2D eigenvalue weighted by Crippen LogP contribution is -2.17. The zero-order valence-corrected chi connectivity index (χ0v) is 11.1. The Morgan fingerprint density at radius 1 is 1.57 bits per heavy atom. The molecule has 1 aromatic rings. The zero-order valence-electron chi connectivity index (χ0n) is 8.72. The van der Waals surface area contributed by atoms with Crippen molar-refractivity contribution in [2.45, 2.75) is 32.6 Å². The Bertz CT molecular complexity index is 350. The summed E-state index contributed by atoms with van der Waals surface area (Å²) in [5, 5.41) is 9.54. The number of thiophene rings is 1. The standard InChI is InChI=1S/C11H15BrOS/c1-7-8(12)4-9(14-7)11(6-13)5-10(11,2)3/h4,13H,5-6H2,1-3H3. The van der Waals surface area contributed by atoms with Gasteiger partial charge in [0, 0.05) is 19.6 Å². The van der Waals surface area contributed by atoms with Crippen LogP contribution in [0.5, 0.6) is 0 Å². The van der Waals surface area contributed by atoms with E-state index in [0.29, 0.717) is 0 Å². The second-order valence-corrected chi connectivity index (χ2v) is 6.93. The number of aliphatic hydroxyl groups is 1. The van der Waals surface area contributed by atoms with Crippen molar-refractivity contribution in [1.29, 1.82) is 0 Å². The van der Waals surface area contributed by atoms with E-state index in [9.17, 15) is 5.11 Å². The van der Waals surface area contributed by atoms with Crippen molar-refractivity contribution in [1.82, 2.24) is 0 Å². The molecule has 1 nitrogen and oxygen atoms in total. The molecule has 1 aliphatic rings. The van der Waals surface area contributed by atoms with Crippen molar-refractivity contribution in [3.05, 3.63) is 20.3 Å². The third-order valence-electron chi connectivity index (χ3n) is 3.51. The largest absolute Gasteiger partial charge is 0.395 e. The average molecular weight is 275 g/mol. The monoisotopic (exact) mass is 274 g/mol. The topological polar surface area (TPSA) is 20.2 Å². The Hall–Kier alpha value is 0.140. The number of hydrogen-bond donors (Lipinski definition) is 1. The van der Waals surface area contributed by atoms with Gasteiger partial charge in [-0.05, 0) is 40.8 Å². The average Bonchev–Trinajstić information content (AvgIpc) is 2.52. The summed E-state index contributed by atoms with van der Waals surface area (Å²) < 4.78 is 1.17. The van der Waals surface area contributed by atoms with Crippen LogP contribution in [0.1, 0.15) is 30.0 Å². The lowest BCUT2D eigenvalue weighted by atomic mass is 9.95. The Balaban J connectivity index is 2.40. The van der Waals surface area contributed by atoms with Crippen molar-refractivity contribution >= 4 is 27.3 Å². The van der Waals surface area contributed by atoms with Crippen LogP contribution in [0, 0.1) is 12.3 Å². The first-order chi connectivity index (χ1) is 6.43. The summed E-state index contributed by atoms with van der Waals surface area (Å²) in [6.07, 6.45) is 1.10. The van der Waals surface area contributed by atoms with E-state index in [-0.39, 0.29) is 17.4 Å². The van der Waals surface area contributed by atoms with Crippen LogP contribution >= 0.6 is 27.3 Å². The van der Waals surface area contributed by atoms with E-state index in [1.165, 1.54) is 14.2 Å². The number of rotatable bonds is 2. The molecule has 1 aliphatic carbocycles. The van der Waals surface area contributed by atoms with E-state index in [4.69, 9.17) is 0 Å². The van der Waals surface area contributed by atoms with Gasteiger partial charge in [-0.2, -0.15) is 0 Å². The van der Waals surface area contributed by atoms with Crippen LogP contribution in [0.15, 0.2) is 10.5 Å². The molecule has 0 bridgehead atoms. The van der Waals surface area contributed by atoms with Crippen LogP contribution in [0.3, 0.4) is 0 Å². The van der Waals surface area contributed by atoms with Crippen molar-refractivity contribution in [2.75, 3.05) is 6.61 Å². The zero-order chi connectivity index (χ0) is 10.6. The van der Waals surface area contributed by atoms with Crippen LogP contribution in [0.2, 0.25) is 0 Å². The molecule has 0 radical (unpaired) electrons. The number of aryl methyl sites for hydroxylation is 1. The molecule has 2 rings (SSSR count). The van der Waals surface area contributed by atoms with Gasteiger partial charge in [0.2, 0.25) is 0 Å². The van der Waals surface area contributed by atoms with E-state index in [1.54, 1.807) is 11.3 Å². The summed E-state index contributed by atoms with van der Waals surface area (Å²) in [7, 11) is 0. The summed E-state index contributed by atoms with van der Waals surface area (Å²) in [4.78, 5) is 2.63. The molecule has 1 aromatic heterocycles. The lowest BCUT2D eigenvalue weighted by Gasteiger charge is -2.15. The van der Waals surface area contributed by atoms with Gasteiger partial charge < -0.3 is 5.11 Å². The van der Waals surface area contributed by atoms with Gasteiger partial charge in [-0.15, -0.1) is 11.3 Å². The first-order valence-electron chi connectivity index (χ1n) is 4.80. The van der Waals surface area contributed by atoms with Crippen molar-refractivity contribution < 1.29 is 5.11 Å². The third-order valence-corrected chi connectivity index (χ3v) is 5.85. The molecule has 1 unspecified atom stereocenters. The van der Waals surface area contributed by atoms with Gasteiger partial charge in [0.25, 0.3) is 0 Å². The molecule has 1 N–H and O–H groups in total. The van der Waals surface area contributed by atoms with E-state index in [0.717, 1.165) is 6.42 Å². The van der Waals surface area contributed by atoms with Crippen LogP contribution in [-0.2, 0) is 5.41 Å². The summed E-state index contributed by atoms with van der Waals surface area (Å²) in [5.41, 5.74) is 0.299. The Morgan fingerprint density at radius 2 is 2.14 bits per heavy atom. The first kappa shape index (κ1) is 10.7. The normalized spacial score (nSPS) is 29.2. The van der Waals surface area contributed by atoms with Crippen LogP contribution in [0.4, 0.5) is 0 Å². The van der Waals surface area contributed by atoms with Crippen molar-refractivity contribution in [2.24, 2.45) is 5.41 Å². The Labute approximate surface area is 97.3 Å². The molecular weight excluding hydrogens is 260 g/mol. The predicted octanol–water partition coefficient (Wildman–Crippen LogP) is 3.48. The molecule has 14 heavy (non-hydrogen) atoms. The van der Waals surface area contributed by atoms with Gasteiger partial charge in [-0.1, -0.05) is 13.8 Å². The maximum Gasteiger partial charge on any atom is 0.0541 e. The fraction of sp³-hybridized carbons (Fsp3) is 0.636. The minimum atomic E-state index is 0.0362. The predicted molar refractivity (Wildman–Crippen MR) is 63.9 cm³/mol. The van der Waals surface area contributed by atoms with Gasteiger partial charge in [-0.25, -0.2) is 0 Å².